The molecule has 1 atom stereocenters. The molecule has 0 aromatic carbocycles. The van der Waals surface area contributed by atoms with Crippen molar-refractivity contribution in [1.82, 2.24) is 20.4 Å². The van der Waals surface area contributed by atoms with Gasteiger partial charge in [0.2, 0.25) is 0 Å². The van der Waals surface area contributed by atoms with Crippen LogP contribution < -0.4 is 10.6 Å². The fourth-order valence-corrected chi connectivity index (χ4v) is 2.73. The highest BCUT2D eigenvalue weighted by atomic mass is 16.3. The van der Waals surface area contributed by atoms with Gasteiger partial charge < -0.3 is 25.5 Å². The van der Waals surface area contributed by atoms with Crippen LogP contribution in [0.2, 0.25) is 0 Å². The van der Waals surface area contributed by atoms with Crippen molar-refractivity contribution in [3.05, 3.63) is 0 Å². The number of aliphatic hydroxyl groups is 1. The van der Waals surface area contributed by atoms with Crippen molar-refractivity contribution < 1.29 is 9.90 Å². The molecular formula is C15H32N4O2. The molecule has 0 bridgehead atoms. The number of carbonyl (C=O) groups is 1. The Morgan fingerprint density at radius 3 is 2.62 bits per heavy atom. The molecule has 124 valence electrons. The first-order valence-corrected chi connectivity index (χ1v) is 8.07. The molecular weight excluding hydrogens is 268 g/mol. The zero-order chi connectivity index (χ0) is 15.7. The maximum absolute atomic E-state index is 11.7. The third-order valence-electron chi connectivity index (χ3n) is 4.17. The Hall–Kier alpha value is -0.850. The van der Waals surface area contributed by atoms with Gasteiger partial charge in [-0.2, -0.15) is 0 Å². The monoisotopic (exact) mass is 300 g/mol. The van der Waals surface area contributed by atoms with Crippen molar-refractivity contribution in [3.8, 4) is 0 Å². The summed E-state index contributed by atoms with van der Waals surface area (Å²) in [6, 6.07) is 0.696. The van der Waals surface area contributed by atoms with Gasteiger partial charge in [0.1, 0.15) is 0 Å². The summed E-state index contributed by atoms with van der Waals surface area (Å²) in [6.45, 7) is 5.96. The molecule has 3 N–H and O–H groups in total. The summed E-state index contributed by atoms with van der Waals surface area (Å²) in [4.78, 5) is 16.4. The first-order valence-electron chi connectivity index (χ1n) is 8.07. The third-order valence-corrected chi connectivity index (χ3v) is 4.17. The maximum atomic E-state index is 11.7. The van der Waals surface area contributed by atoms with E-state index in [4.69, 9.17) is 5.11 Å². The van der Waals surface area contributed by atoms with Gasteiger partial charge in [0.15, 0.2) is 0 Å². The van der Waals surface area contributed by atoms with Crippen LogP contribution in [0.3, 0.4) is 0 Å². The fraction of sp³-hybridized carbons (Fsp3) is 0.933. The van der Waals surface area contributed by atoms with Crippen molar-refractivity contribution in [2.75, 3.05) is 46.9 Å². The molecule has 1 rings (SSSR count). The Balaban J connectivity index is 2.07. The molecule has 0 spiro atoms. The zero-order valence-corrected chi connectivity index (χ0v) is 13.8. The second-order valence-corrected chi connectivity index (χ2v) is 6.20. The third kappa shape index (κ3) is 7.64. The van der Waals surface area contributed by atoms with Gasteiger partial charge in [-0.05, 0) is 59.8 Å². The number of hydrogen-bond acceptors (Lipinski definition) is 4. The predicted molar refractivity (Wildman–Crippen MR) is 85.5 cm³/mol. The van der Waals surface area contributed by atoms with Gasteiger partial charge in [-0.25, -0.2) is 4.79 Å². The summed E-state index contributed by atoms with van der Waals surface area (Å²) >= 11 is 0. The number of piperidine rings is 1. The Labute approximate surface area is 128 Å². The zero-order valence-electron chi connectivity index (χ0n) is 13.8. The van der Waals surface area contributed by atoms with E-state index in [1.807, 2.05) is 6.92 Å². The van der Waals surface area contributed by atoms with Gasteiger partial charge in [-0.3, -0.25) is 0 Å². The summed E-state index contributed by atoms with van der Waals surface area (Å²) in [5.74, 6) is 0. The van der Waals surface area contributed by atoms with E-state index in [-0.39, 0.29) is 18.7 Å². The molecule has 0 aromatic heterocycles. The van der Waals surface area contributed by atoms with Crippen LogP contribution in [0.4, 0.5) is 4.79 Å². The molecule has 1 aliphatic heterocycles. The fourth-order valence-electron chi connectivity index (χ4n) is 2.73. The van der Waals surface area contributed by atoms with Crippen molar-refractivity contribution in [3.63, 3.8) is 0 Å². The molecule has 1 fully saturated rings. The second kappa shape index (κ2) is 9.97. The largest absolute Gasteiger partial charge is 0.396 e. The van der Waals surface area contributed by atoms with Gasteiger partial charge in [0, 0.05) is 31.8 Å². The first-order chi connectivity index (χ1) is 10.0. The summed E-state index contributed by atoms with van der Waals surface area (Å²) in [6.07, 6.45) is 3.94. The van der Waals surface area contributed by atoms with Crippen molar-refractivity contribution in [2.24, 2.45) is 0 Å². The lowest BCUT2D eigenvalue weighted by molar-refractivity contribution is 0.145. The minimum Gasteiger partial charge on any atom is -0.396 e. The van der Waals surface area contributed by atoms with E-state index in [9.17, 15) is 4.79 Å². The number of nitrogens with one attached hydrogen (secondary N) is 2. The number of nitrogens with zero attached hydrogens (tertiary/aromatic N) is 2. The first kappa shape index (κ1) is 18.2. The van der Waals surface area contributed by atoms with Crippen molar-refractivity contribution in [1.29, 1.82) is 0 Å². The average molecular weight is 300 g/mol. The van der Waals surface area contributed by atoms with Crippen LogP contribution in [0.15, 0.2) is 0 Å². The van der Waals surface area contributed by atoms with E-state index in [0.29, 0.717) is 12.6 Å². The number of aliphatic hydroxyl groups excluding tert-OH is 1. The lowest BCUT2D eigenvalue weighted by atomic mass is 10.0. The number of amides is 2. The van der Waals surface area contributed by atoms with Crippen LogP contribution in [-0.2, 0) is 0 Å². The summed E-state index contributed by atoms with van der Waals surface area (Å²) in [5.41, 5.74) is 0. The van der Waals surface area contributed by atoms with Crippen LogP contribution in [0, 0.1) is 0 Å². The molecule has 21 heavy (non-hydrogen) atoms. The van der Waals surface area contributed by atoms with Gasteiger partial charge >= 0.3 is 6.03 Å². The molecule has 2 amide bonds. The topological polar surface area (TPSA) is 67.8 Å². The molecule has 1 heterocycles. The van der Waals surface area contributed by atoms with Gasteiger partial charge in [0.05, 0.1) is 0 Å². The number of carbonyl (C=O) groups excluding carboxylic acids is 1. The van der Waals surface area contributed by atoms with Crippen LogP contribution in [-0.4, -0.2) is 79.9 Å². The molecule has 6 nitrogen and oxygen atoms in total. The number of rotatable bonds is 8. The standard InChI is InChI=1S/C15H32N4O2/c1-13(5-4-12-20)17-15(21)16-8-11-19-9-6-14(7-10-19)18(2)3/h13-14,20H,4-12H2,1-3H3,(H2,16,17,21). The SMILES string of the molecule is CC(CCCO)NC(=O)NCCN1CCC(N(C)C)CC1. The average Bonchev–Trinajstić information content (AvgIpc) is 2.45. The highest BCUT2D eigenvalue weighted by Gasteiger charge is 2.20. The van der Waals surface area contributed by atoms with Crippen LogP contribution in [0.1, 0.15) is 32.6 Å². The van der Waals surface area contributed by atoms with E-state index < -0.39 is 0 Å². The van der Waals surface area contributed by atoms with E-state index >= 15 is 0 Å². The predicted octanol–water partition coefficient (Wildman–Crippen LogP) is 0.473. The van der Waals surface area contributed by atoms with Gasteiger partial charge in [-0.1, -0.05) is 0 Å². The van der Waals surface area contributed by atoms with Crippen LogP contribution in [0.25, 0.3) is 0 Å². The summed E-state index contributed by atoms with van der Waals surface area (Å²) in [5, 5.41) is 14.5. The Kier molecular flexibility index (Phi) is 8.64. The van der Waals surface area contributed by atoms with Crippen molar-refractivity contribution in [2.45, 2.75) is 44.7 Å². The second-order valence-electron chi connectivity index (χ2n) is 6.20. The molecule has 1 saturated heterocycles. The number of urea groups is 1. The quantitative estimate of drug-likeness (QED) is 0.610. The molecule has 0 saturated carbocycles. The Morgan fingerprint density at radius 1 is 1.38 bits per heavy atom. The molecule has 1 unspecified atom stereocenters. The minimum atomic E-state index is -0.108. The van der Waals surface area contributed by atoms with Gasteiger partial charge in [-0.15, -0.1) is 0 Å². The lowest BCUT2D eigenvalue weighted by Crippen LogP contribution is -2.46. The minimum absolute atomic E-state index is 0.105. The van der Waals surface area contributed by atoms with Crippen LogP contribution in [0.5, 0.6) is 0 Å². The van der Waals surface area contributed by atoms with Gasteiger partial charge in [0.25, 0.3) is 0 Å². The summed E-state index contributed by atoms with van der Waals surface area (Å²) in [7, 11) is 4.29. The lowest BCUT2D eigenvalue weighted by Gasteiger charge is -2.35. The number of likely N-dealkylation sites (tertiary alicyclic amines) is 1. The van der Waals surface area contributed by atoms with Crippen LogP contribution >= 0.6 is 0 Å². The Bertz CT molecular complexity index is 291. The molecule has 6 heteroatoms. The van der Waals surface area contributed by atoms with E-state index in [1.165, 1.54) is 12.8 Å². The van der Waals surface area contributed by atoms with E-state index in [1.54, 1.807) is 0 Å². The molecule has 0 radical (unpaired) electrons. The maximum Gasteiger partial charge on any atom is 0.315 e. The smallest absolute Gasteiger partial charge is 0.315 e. The van der Waals surface area contributed by atoms with Crippen molar-refractivity contribution >= 4 is 6.03 Å². The molecule has 0 aliphatic carbocycles. The molecule has 1 aliphatic rings. The summed E-state index contributed by atoms with van der Waals surface area (Å²) < 4.78 is 0. The normalized spacial score (nSPS) is 18.7. The highest BCUT2D eigenvalue weighted by molar-refractivity contribution is 5.74. The van der Waals surface area contributed by atoms with E-state index in [0.717, 1.165) is 32.5 Å². The Morgan fingerprint density at radius 2 is 2.05 bits per heavy atom. The van der Waals surface area contributed by atoms with E-state index in [2.05, 4.69) is 34.5 Å². The number of hydrogen-bond donors (Lipinski definition) is 3. The highest BCUT2D eigenvalue weighted by Crippen LogP contribution is 2.13. The molecule has 0 aromatic rings.